The lowest BCUT2D eigenvalue weighted by Crippen LogP contribution is -2.22. The first kappa shape index (κ1) is 12.9. The Kier molecular flexibility index (Phi) is 9.91. The van der Waals surface area contributed by atoms with Crippen molar-refractivity contribution in [3.8, 4) is 0 Å². The summed E-state index contributed by atoms with van der Waals surface area (Å²) in [6.45, 7) is 4.15. The van der Waals surface area contributed by atoms with Gasteiger partial charge in [-0.2, -0.15) is 0 Å². The molecule has 0 aromatic rings. The first-order valence-corrected chi connectivity index (χ1v) is 5.16. The Bertz CT molecular complexity index is 133. The minimum Gasteiger partial charge on any atom is -0.383 e. The summed E-state index contributed by atoms with van der Waals surface area (Å²) in [5, 5.41) is 3.17. The van der Waals surface area contributed by atoms with E-state index < -0.39 is 0 Å². The van der Waals surface area contributed by atoms with Crippen molar-refractivity contribution in [2.45, 2.75) is 6.92 Å². The standard InChI is InChI=1S/C8H17NO3S/c1-8(10)13-6-5-12-7-9-3-4-11-2/h9H,3-7H2,1-2H3. The monoisotopic (exact) mass is 207 g/mol. The van der Waals surface area contributed by atoms with E-state index in [0.717, 1.165) is 12.3 Å². The van der Waals surface area contributed by atoms with Crippen LogP contribution < -0.4 is 5.32 Å². The molecule has 0 aromatic heterocycles. The van der Waals surface area contributed by atoms with Crippen molar-refractivity contribution >= 4 is 16.9 Å². The van der Waals surface area contributed by atoms with Crippen LogP contribution in [0.2, 0.25) is 0 Å². The van der Waals surface area contributed by atoms with Crippen LogP contribution in [0.1, 0.15) is 6.92 Å². The third-order valence-electron chi connectivity index (χ3n) is 1.22. The molecule has 0 heterocycles. The average Bonchev–Trinajstić information content (AvgIpc) is 2.09. The topological polar surface area (TPSA) is 47.6 Å². The van der Waals surface area contributed by atoms with Gasteiger partial charge in [0, 0.05) is 26.3 Å². The van der Waals surface area contributed by atoms with Gasteiger partial charge in [-0.1, -0.05) is 11.8 Å². The van der Waals surface area contributed by atoms with E-state index in [1.165, 1.54) is 11.8 Å². The fraction of sp³-hybridized carbons (Fsp3) is 0.875. The quantitative estimate of drug-likeness (QED) is 0.463. The molecule has 5 heteroatoms. The van der Waals surface area contributed by atoms with Gasteiger partial charge in [-0.05, 0) is 0 Å². The van der Waals surface area contributed by atoms with Crippen LogP contribution in [-0.2, 0) is 14.3 Å². The number of ether oxygens (including phenoxy) is 2. The number of thioether (sulfide) groups is 1. The number of methoxy groups -OCH3 is 1. The highest BCUT2D eigenvalue weighted by Gasteiger charge is 1.93. The number of carbonyl (C=O) groups is 1. The molecule has 4 nitrogen and oxygen atoms in total. The lowest BCUT2D eigenvalue weighted by molar-refractivity contribution is -0.109. The van der Waals surface area contributed by atoms with Gasteiger partial charge in [0.1, 0.15) is 0 Å². The van der Waals surface area contributed by atoms with Gasteiger partial charge in [0.15, 0.2) is 5.12 Å². The summed E-state index contributed by atoms with van der Waals surface area (Å²) in [4.78, 5) is 10.5. The fourth-order valence-electron chi connectivity index (χ4n) is 0.635. The van der Waals surface area contributed by atoms with Crippen molar-refractivity contribution in [2.75, 3.05) is 39.4 Å². The molecule has 0 saturated carbocycles. The van der Waals surface area contributed by atoms with E-state index in [9.17, 15) is 4.79 Å². The Morgan fingerprint density at radius 2 is 2.23 bits per heavy atom. The van der Waals surface area contributed by atoms with Crippen molar-refractivity contribution in [1.29, 1.82) is 0 Å². The highest BCUT2D eigenvalue weighted by molar-refractivity contribution is 8.13. The van der Waals surface area contributed by atoms with Gasteiger partial charge in [-0.3, -0.25) is 10.1 Å². The first-order chi connectivity index (χ1) is 6.27. The lowest BCUT2D eigenvalue weighted by atomic mass is 10.7. The summed E-state index contributed by atoms with van der Waals surface area (Å²) in [5.41, 5.74) is 0. The van der Waals surface area contributed by atoms with Crippen LogP contribution in [0.25, 0.3) is 0 Å². The molecule has 0 amide bonds. The molecule has 0 aliphatic rings. The van der Waals surface area contributed by atoms with E-state index in [1.807, 2.05) is 0 Å². The van der Waals surface area contributed by atoms with Crippen molar-refractivity contribution in [3.05, 3.63) is 0 Å². The van der Waals surface area contributed by atoms with Crippen molar-refractivity contribution in [2.24, 2.45) is 0 Å². The molecule has 0 spiro atoms. The number of hydrogen-bond donors (Lipinski definition) is 1. The van der Waals surface area contributed by atoms with E-state index >= 15 is 0 Å². The maximum Gasteiger partial charge on any atom is 0.185 e. The van der Waals surface area contributed by atoms with E-state index in [-0.39, 0.29) is 5.12 Å². The number of nitrogens with one attached hydrogen (secondary N) is 1. The van der Waals surface area contributed by atoms with Crippen molar-refractivity contribution in [1.82, 2.24) is 5.32 Å². The Morgan fingerprint density at radius 3 is 2.85 bits per heavy atom. The summed E-state index contributed by atoms with van der Waals surface area (Å²) in [7, 11) is 1.66. The molecule has 1 N–H and O–H groups in total. The Labute approximate surface area is 83.4 Å². The van der Waals surface area contributed by atoms with Crippen LogP contribution in [0.5, 0.6) is 0 Å². The Morgan fingerprint density at radius 1 is 1.46 bits per heavy atom. The second-order valence-electron chi connectivity index (χ2n) is 2.39. The van der Waals surface area contributed by atoms with Gasteiger partial charge in [0.25, 0.3) is 0 Å². The number of carbonyl (C=O) groups excluding carboxylic acids is 1. The highest BCUT2D eigenvalue weighted by atomic mass is 32.2. The minimum absolute atomic E-state index is 0.135. The van der Waals surface area contributed by atoms with Crippen LogP contribution in [0, 0.1) is 0 Å². The third kappa shape index (κ3) is 11.9. The Hall–Kier alpha value is -0.100. The summed E-state index contributed by atoms with van der Waals surface area (Å²) < 4.78 is 10.0. The smallest absolute Gasteiger partial charge is 0.185 e. The molecule has 0 atom stereocenters. The molecule has 0 saturated heterocycles. The first-order valence-electron chi connectivity index (χ1n) is 4.18. The SMILES string of the molecule is COCCNCOCCSC(C)=O. The number of hydrogen-bond acceptors (Lipinski definition) is 5. The predicted octanol–water partition coefficient (Wildman–Crippen LogP) is 0.476. The highest BCUT2D eigenvalue weighted by Crippen LogP contribution is 1.99. The normalized spacial score (nSPS) is 10.3. The van der Waals surface area contributed by atoms with Gasteiger partial charge in [0.05, 0.1) is 19.9 Å². The molecule has 0 aliphatic carbocycles. The van der Waals surface area contributed by atoms with Gasteiger partial charge in [0.2, 0.25) is 0 Å². The molecule has 0 rings (SSSR count). The molecule has 0 unspecified atom stereocenters. The fourth-order valence-corrected chi connectivity index (χ4v) is 1.12. The molecule has 13 heavy (non-hydrogen) atoms. The van der Waals surface area contributed by atoms with Crippen LogP contribution >= 0.6 is 11.8 Å². The summed E-state index contributed by atoms with van der Waals surface area (Å²) in [5.74, 6) is 0.724. The van der Waals surface area contributed by atoms with Crippen molar-refractivity contribution in [3.63, 3.8) is 0 Å². The van der Waals surface area contributed by atoms with E-state index in [1.54, 1.807) is 14.0 Å². The van der Waals surface area contributed by atoms with Crippen LogP contribution in [0.4, 0.5) is 0 Å². The third-order valence-corrected chi connectivity index (χ3v) is 2.00. The molecule has 0 aliphatic heterocycles. The number of rotatable bonds is 8. The second-order valence-corrected chi connectivity index (χ2v) is 3.66. The van der Waals surface area contributed by atoms with Crippen molar-refractivity contribution < 1.29 is 14.3 Å². The summed E-state index contributed by atoms with van der Waals surface area (Å²) in [6.07, 6.45) is 0. The zero-order valence-electron chi connectivity index (χ0n) is 8.17. The molecule has 0 fully saturated rings. The van der Waals surface area contributed by atoms with Crippen LogP contribution in [0.15, 0.2) is 0 Å². The minimum atomic E-state index is 0.135. The van der Waals surface area contributed by atoms with Gasteiger partial charge < -0.3 is 9.47 Å². The molecule has 0 bridgehead atoms. The molecule has 0 radical (unpaired) electrons. The largest absolute Gasteiger partial charge is 0.383 e. The molecular formula is C8H17NO3S. The summed E-state index contributed by atoms with van der Waals surface area (Å²) >= 11 is 1.28. The van der Waals surface area contributed by atoms with Gasteiger partial charge in [-0.15, -0.1) is 0 Å². The maximum atomic E-state index is 10.5. The average molecular weight is 207 g/mol. The zero-order chi connectivity index (χ0) is 9.94. The van der Waals surface area contributed by atoms with Gasteiger partial charge >= 0.3 is 0 Å². The predicted molar refractivity (Wildman–Crippen MR) is 53.8 cm³/mol. The Balaban J connectivity index is 2.87. The van der Waals surface area contributed by atoms with E-state index in [4.69, 9.17) is 9.47 Å². The van der Waals surface area contributed by atoms with E-state index in [2.05, 4.69) is 5.32 Å². The molecular weight excluding hydrogens is 190 g/mol. The second kappa shape index (κ2) is 9.98. The molecule has 78 valence electrons. The van der Waals surface area contributed by atoms with Gasteiger partial charge in [-0.25, -0.2) is 0 Å². The maximum absolute atomic E-state index is 10.5. The zero-order valence-corrected chi connectivity index (χ0v) is 8.99. The van der Waals surface area contributed by atoms with Crippen LogP contribution in [0.3, 0.4) is 0 Å². The van der Waals surface area contributed by atoms with Crippen LogP contribution in [-0.4, -0.2) is 44.5 Å². The van der Waals surface area contributed by atoms with E-state index in [0.29, 0.717) is 19.9 Å². The lowest BCUT2D eigenvalue weighted by Gasteiger charge is -2.04. The summed E-state index contributed by atoms with van der Waals surface area (Å²) in [6, 6.07) is 0. The molecule has 0 aromatic carbocycles.